The van der Waals surface area contributed by atoms with Gasteiger partial charge in [-0.05, 0) is 49.4 Å². The summed E-state index contributed by atoms with van der Waals surface area (Å²) in [6.45, 7) is 2.32. The second-order valence-corrected chi connectivity index (χ2v) is 5.92. The van der Waals surface area contributed by atoms with Gasteiger partial charge in [0.2, 0.25) is 0 Å². The average molecular weight is 397 g/mol. The Bertz CT molecular complexity index is 980. The Balaban J connectivity index is 1.63. The van der Waals surface area contributed by atoms with Crippen LogP contribution in [0.3, 0.4) is 0 Å². The summed E-state index contributed by atoms with van der Waals surface area (Å²) in [6, 6.07) is 11.6. The highest BCUT2D eigenvalue weighted by atomic mass is 19.1. The zero-order valence-corrected chi connectivity index (χ0v) is 16.0. The van der Waals surface area contributed by atoms with Crippen LogP contribution in [0.25, 0.3) is 11.3 Å². The lowest BCUT2D eigenvalue weighted by Crippen LogP contribution is -2.25. The Labute approximate surface area is 167 Å². The minimum atomic E-state index is -0.589. The monoisotopic (exact) mass is 397 g/mol. The fourth-order valence-electron chi connectivity index (χ4n) is 2.52. The third-order valence-electron chi connectivity index (χ3n) is 3.97. The highest BCUT2D eigenvalue weighted by molar-refractivity contribution is 5.91. The lowest BCUT2D eigenvalue weighted by Gasteiger charge is -2.09. The number of aromatic nitrogens is 2. The number of halogens is 1. The number of carbonyl (C=O) groups excluding carboxylic acids is 1. The number of hydrogen-bond donors (Lipinski definition) is 1. The molecule has 0 saturated carbocycles. The molecule has 1 aromatic heterocycles. The lowest BCUT2D eigenvalue weighted by molar-refractivity contribution is 0.0219. The largest absolute Gasteiger partial charge is 0.497 e. The predicted octanol–water partition coefficient (Wildman–Crippen LogP) is 3.55. The molecule has 8 heteroatoms. The first kappa shape index (κ1) is 20.2. The van der Waals surface area contributed by atoms with Crippen LogP contribution in [0.4, 0.5) is 4.39 Å². The second-order valence-electron chi connectivity index (χ2n) is 5.92. The topological polar surface area (TPSA) is 82.6 Å². The molecule has 2 aromatic carbocycles. The number of nitrogens with zero attached hydrogens (tertiary/aromatic N) is 2. The van der Waals surface area contributed by atoms with Gasteiger partial charge >= 0.3 is 0 Å². The van der Waals surface area contributed by atoms with Gasteiger partial charge in [0.05, 0.1) is 31.8 Å². The van der Waals surface area contributed by atoms with Crippen LogP contribution in [0, 0.1) is 5.82 Å². The summed E-state index contributed by atoms with van der Waals surface area (Å²) in [5.74, 6) is 0.187. The van der Waals surface area contributed by atoms with Crippen LogP contribution in [0.5, 0.6) is 11.5 Å². The number of rotatable bonds is 8. The van der Waals surface area contributed by atoms with Gasteiger partial charge in [0.15, 0.2) is 0 Å². The molecule has 0 bridgehead atoms. The van der Waals surface area contributed by atoms with Crippen LogP contribution in [-0.4, -0.2) is 29.6 Å². The van der Waals surface area contributed by atoms with E-state index in [2.05, 4.69) is 15.4 Å². The Morgan fingerprint density at radius 3 is 2.59 bits per heavy atom. The number of benzene rings is 2. The standard InChI is InChI=1S/C21H20FN3O4/c1-3-28-16-6-4-14(5-7-16)19-11-23-12-20(24-19)21(26)25-29-13-15-10-17(27-2)8-9-18(15)22/h4-12H,3,13H2,1-2H3,(H,25,26). The van der Waals surface area contributed by atoms with Crippen molar-refractivity contribution in [2.45, 2.75) is 13.5 Å². The summed E-state index contributed by atoms with van der Waals surface area (Å²) in [5, 5.41) is 0. The minimum absolute atomic E-state index is 0.0718. The molecule has 29 heavy (non-hydrogen) atoms. The maximum absolute atomic E-state index is 13.8. The average Bonchev–Trinajstić information content (AvgIpc) is 2.76. The molecule has 0 aliphatic heterocycles. The summed E-state index contributed by atoms with van der Waals surface area (Å²) in [7, 11) is 1.48. The molecule has 1 heterocycles. The number of ether oxygens (including phenoxy) is 2. The van der Waals surface area contributed by atoms with E-state index < -0.39 is 11.7 Å². The van der Waals surface area contributed by atoms with Crippen molar-refractivity contribution < 1.29 is 23.5 Å². The first-order valence-electron chi connectivity index (χ1n) is 8.90. The van der Waals surface area contributed by atoms with E-state index >= 15 is 0 Å². The molecule has 1 amide bonds. The molecule has 0 saturated heterocycles. The number of hydroxylamine groups is 1. The maximum Gasteiger partial charge on any atom is 0.295 e. The van der Waals surface area contributed by atoms with Crippen molar-refractivity contribution >= 4 is 5.91 Å². The van der Waals surface area contributed by atoms with Crippen molar-refractivity contribution in [2.24, 2.45) is 0 Å². The summed E-state index contributed by atoms with van der Waals surface area (Å²) < 4.78 is 24.2. The van der Waals surface area contributed by atoms with E-state index in [-0.39, 0.29) is 17.9 Å². The van der Waals surface area contributed by atoms with Gasteiger partial charge in [-0.2, -0.15) is 0 Å². The Kier molecular flexibility index (Phi) is 6.70. The minimum Gasteiger partial charge on any atom is -0.497 e. The molecule has 1 N–H and O–H groups in total. The molecule has 0 fully saturated rings. The van der Waals surface area contributed by atoms with Gasteiger partial charge in [-0.3, -0.25) is 14.6 Å². The quantitative estimate of drug-likeness (QED) is 0.586. The second kappa shape index (κ2) is 9.61. The third-order valence-corrected chi connectivity index (χ3v) is 3.97. The Morgan fingerprint density at radius 2 is 1.86 bits per heavy atom. The predicted molar refractivity (Wildman–Crippen MR) is 104 cm³/mol. The van der Waals surface area contributed by atoms with Gasteiger partial charge in [0.1, 0.15) is 29.6 Å². The Morgan fingerprint density at radius 1 is 1.10 bits per heavy atom. The summed E-state index contributed by atoms with van der Waals surface area (Å²) in [5.41, 5.74) is 3.88. The fourth-order valence-corrected chi connectivity index (χ4v) is 2.52. The molecule has 0 unspecified atom stereocenters. The van der Waals surface area contributed by atoms with Crippen LogP contribution in [0.2, 0.25) is 0 Å². The molecule has 0 aliphatic carbocycles. The van der Waals surface area contributed by atoms with E-state index in [1.807, 2.05) is 31.2 Å². The van der Waals surface area contributed by atoms with Crippen molar-refractivity contribution in [3.8, 4) is 22.8 Å². The van der Waals surface area contributed by atoms with Crippen LogP contribution < -0.4 is 15.0 Å². The summed E-state index contributed by atoms with van der Waals surface area (Å²) in [6.07, 6.45) is 2.88. The molecule has 0 atom stereocenters. The summed E-state index contributed by atoms with van der Waals surface area (Å²) >= 11 is 0. The molecule has 3 aromatic rings. The maximum atomic E-state index is 13.8. The molecule has 3 rings (SSSR count). The first-order chi connectivity index (χ1) is 14.1. The molecular weight excluding hydrogens is 377 g/mol. The highest BCUT2D eigenvalue weighted by Crippen LogP contribution is 2.20. The number of amides is 1. The van der Waals surface area contributed by atoms with Gasteiger partial charge in [-0.25, -0.2) is 14.9 Å². The van der Waals surface area contributed by atoms with E-state index in [1.165, 1.54) is 31.5 Å². The van der Waals surface area contributed by atoms with Gasteiger partial charge in [0, 0.05) is 11.1 Å². The van der Waals surface area contributed by atoms with Gasteiger partial charge < -0.3 is 9.47 Å². The van der Waals surface area contributed by atoms with E-state index in [4.69, 9.17) is 14.3 Å². The van der Waals surface area contributed by atoms with E-state index in [9.17, 15) is 9.18 Å². The molecule has 150 valence electrons. The first-order valence-corrected chi connectivity index (χ1v) is 8.90. The molecule has 7 nitrogen and oxygen atoms in total. The van der Waals surface area contributed by atoms with Crippen molar-refractivity contribution in [3.05, 3.63) is 71.9 Å². The van der Waals surface area contributed by atoms with Gasteiger partial charge in [-0.15, -0.1) is 0 Å². The van der Waals surface area contributed by atoms with E-state index in [1.54, 1.807) is 6.20 Å². The molecular formula is C21H20FN3O4. The highest BCUT2D eigenvalue weighted by Gasteiger charge is 2.11. The van der Waals surface area contributed by atoms with Crippen LogP contribution in [0.1, 0.15) is 23.0 Å². The molecule has 0 aliphatic rings. The fraction of sp³-hybridized carbons (Fsp3) is 0.190. The van der Waals surface area contributed by atoms with Gasteiger partial charge in [-0.1, -0.05) is 0 Å². The van der Waals surface area contributed by atoms with Crippen molar-refractivity contribution in [1.29, 1.82) is 0 Å². The zero-order chi connectivity index (χ0) is 20.6. The lowest BCUT2D eigenvalue weighted by atomic mass is 10.1. The smallest absolute Gasteiger partial charge is 0.295 e. The SMILES string of the molecule is CCOc1ccc(-c2cncc(C(=O)NOCc3cc(OC)ccc3F)n2)cc1. The van der Waals surface area contributed by atoms with Crippen molar-refractivity contribution in [3.63, 3.8) is 0 Å². The van der Waals surface area contributed by atoms with Crippen LogP contribution in [-0.2, 0) is 11.4 Å². The Hall–Kier alpha value is -3.52. The van der Waals surface area contributed by atoms with Crippen LogP contribution >= 0.6 is 0 Å². The summed E-state index contributed by atoms with van der Waals surface area (Å²) in [4.78, 5) is 25.8. The molecule has 0 radical (unpaired) electrons. The van der Waals surface area contributed by atoms with Crippen LogP contribution in [0.15, 0.2) is 54.9 Å². The normalized spacial score (nSPS) is 10.4. The van der Waals surface area contributed by atoms with Crippen molar-refractivity contribution in [1.82, 2.24) is 15.4 Å². The van der Waals surface area contributed by atoms with E-state index in [0.29, 0.717) is 18.1 Å². The third kappa shape index (κ3) is 5.26. The van der Waals surface area contributed by atoms with Gasteiger partial charge in [0.25, 0.3) is 5.91 Å². The number of methoxy groups -OCH3 is 1. The number of hydrogen-bond acceptors (Lipinski definition) is 6. The van der Waals surface area contributed by atoms with Crippen molar-refractivity contribution in [2.75, 3.05) is 13.7 Å². The number of carbonyl (C=O) groups is 1. The number of nitrogens with one attached hydrogen (secondary N) is 1. The molecule has 0 spiro atoms. The zero-order valence-electron chi connectivity index (χ0n) is 16.0. The van der Waals surface area contributed by atoms with E-state index in [0.717, 1.165) is 11.3 Å².